The maximum Gasteiger partial charge on any atom is 0 e. The molecule has 337 valence electrons. The number of rotatable bonds is 7. The van der Waals surface area contributed by atoms with Gasteiger partial charge in [-0.2, -0.15) is 0 Å². The minimum absolute atomic E-state index is 0. The van der Waals surface area contributed by atoms with E-state index in [4.69, 9.17) is 16.3 Å². The van der Waals surface area contributed by atoms with Crippen LogP contribution >= 0.6 is 0 Å². The van der Waals surface area contributed by atoms with Crippen molar-refractivity contribution in [2.45, 2.75) is 90.8 Å². The fraction of sp³-hybridized carbons (Fsp3) is 0.254. The Morgan fingerprint density at radius 3 is 2.18 bits per heavy atom. The second-order valence-electron chi connectivity index (χ2n) is 19.8. The fourth-order valence-corrected chi connectivity index (χ4v) is 11.9. The van der Waals surface area contributed by atoms with E-state index in [0.717, 1.165) is 54.8 Å². The molecule has 0 aliphatic heterocycles. The zero-order valence-corrected chi connectivity index (χ0v) is 43.7. The molecule has 7 aromatic carbocycles. The largest absolute Gasteiger partial charge is 0 e. The van der Waals surface area contributed by atoms with Crippen LogP contribution in [-0.2, 0) is 26.5 Å². The molecule has 10 rings (SSSR count). The first-order chi connectivity index (χ1) is 33.0. The number of aromatic nitrogens is 3. The van der Waals surface area contributed by atoms with Crippen LogP contribution in [0.1, 0.15) is 89.4 Å². The number of nitrogens with zero attached hydrogens (tertiary/aromatic N) is 3. The summed E-state index contributed by atoms with van der Waals surface area (Å²) in [4.78, 5) is 9.63. The topological polar surface area (TPSA) is 43.9 Å². The molecule has 0 saturated carbocycles. The van der Waals surface area contributed by atoms with Crippen molar-refractivity contribution in [2.24, 2.45) is 5.41 Å². The van der Waals surface area contributed by atoms with Gasteiger partial charge in [0.1, 0.15) is 5.58 Å². The van der Waals surface area contributed by atoms with Crippen molar-refractivity contribution in [2.75, 3.05) is 0 Å². The third-order valence-corrected chi connectivity index (χ3v) is 16.3. The maximum absolute atomic E-state index is 14.7. The Kier molecular flexibility index (Phi) is 11.4. The molecule has 0 aliphatic carbocycles. The molecule has 0 unspecified atom stereocenters. The Balaban J connectivity index is 0.000000205. The van der Waals surface area contributed by atoms with Crippen LogP contribution in [-0.4, -0.2) is 27.8 Å². The van der Waals surface area contributed by atoms with Gasteiger partial charge in [-0.3, -0.25) is 4.98 Å². The van der Waals surface area contributed by atoms with Crippen LogP contribution in [0.15, 0.2) is 132 Å². The van der Waals surface area contributed by atoms with E-state index in [9.17, 15) is 4.39 Å². The summed E-state index contributed by atoms with van der Waals surface area (Å²) in [5, 5.41) is 7.14. The molecular formula is C59H58FGeIrN3O-2. The summed E-state index contributed by atoms with van der Waals surface area (Å²) < 4.78 is 64.1. The number of furan rings is 1. The second kappa shape index (κ2) is 18.4. The predicted molar refractivity (Wildman–Crippen MR) is 275 cm³/mol. The normalized spacial score (nSPS) is 13.7. The van der Waals surface area contributed by atoms with Gasteiger partial charge < -0.3 is 8.98 Å². The van der Waals surface area contributed by atoms with E-state index in [2.05, 4.69) is 164 Å². The summed E-state index contributed by atoms with van der Waals surface area (Å²) >= 11 is -2.47. The van der Waals surface area contributed by atoms with Gasteiger partial charge in [0.15, 0.2) is 0 Å². The average molecular weight is 1110 g/mol. The van der Waals surface area contributed by atoms with Gasteiger partial charge in [0, 0.05) is 31.2 Å². The molecule has 10 aromatic rings. The summed E-state index contributed by atoms with van der Waals surface area (Å²) in [6.07, 6.45) is 0.0207. The second-order valence-corrected chi connectivity index (χ2v) is 30.3. The number of hydrogen-bond acceptors (Lipinski definition) is 3. The molecule has 0 aliphatic rings. The van der Waals surface area contributed by atoms with Crippen molar-refractivity contribution in [3.05, 3.63) is 168 Å². The van der Waals surface area contributed by atoms with Crippen LogP contribution in [0.3, 0.4) is 0 Å². The van der Waals surface area contributed by atoms with Crippen LogP contribution in [0.5, 0.6) is 0 Å². The number of hydrogen-bond donors (Lipinski definition) is 0. The molecule has 3 aromatic heterocycles. The predicted octanol–water partition coefficient (Wildman–Crippen LogP) is 16.1. The zero-order valence-electron chi connectivity index (χ0n) is 44.2. The molecule has 0 amide bonds. The van der Waals surface area contributed by atoms with Gasteiger partial charge in [0.25, 0.3) is 0 Å². The van der Waals surface area contributed by atoms with Crippen molar-refractivity contribution in [1.29, 1.82) is 0 Å². The Morgan fingerprint density at radius 2 is 1.48 bits per heavy atom. The molecule has 0 bridgehead atoms. The molecule has 0 atom stereocenters. The first-order valence-electron chi connectivity index (χ1n) is 25.0. The number of aryl methyl sites for hydroxylation is 1. The van der Waals surface area contributed by atoms with Crippen LogP contribution in [0.4, 0.5) is 4.39 Å². The average Bonchev–Trinajstić information content (AvgIpc) is 3.89. The monoisotopic (exact) mass is 1120 g/mol. The maximum atomic E-state index is 14.7. The number of pyridine rings is 1. The Morgan fingerprint density at radius 1 is 0.773 bits per heavy atom. The fourth-order valence-electron chi connectivity index (χ4n) is 9.00. The standard InChI is InChI=1S/C39H31N2O.C20H27FGeN.Ir/c1-23(2)27-12-9-13-28(24(3)4)38(27)41-34-15-8-7-14-33(34)40-39(41)26-17-20-35-32(22-26)37-31-18-16-25-10-5-6-11-29(25)30(31)19-21-36(37)42-35;1-14-8-9-16(17(21)10-14)19-11-15(12-20(2,3)4)18(13-23-19)22(5,6)7;/h5-16,18-24H,1-4H3;8,10-11,13H,12H2,1-7H3;/q2*-1;/i;1D3,12D2;. The molecule has 0 saturated heterocycles. The quantitative estimate of drug-likeness (QED) is 0.0907. The molecule has 3 heterocycles. The van der Waals surface area contributed by atoms with Gasteiger partial charge in [0.2, 0.25) is 0 Å². The van der Waals surface area contributed by atoms with Crippen molar-refractivity contribution < 1.29 is 35.8 Å². The van der Waals surface area contributed by atoms with Crippen LogP contribution in [0.2, 0.25) is 17.3 Å². The Labute approximate surface area is 412 Å². The molecule has 66 heavy (non-hydrogen) atoms. The van der Waals surface area contributed by atoms with E-state index >= 15 is 0 Å². The first kappa shape index (κ1) is 40.8. The van der Waals surface area contributed by atoms with Gasteiger partial charge in [-0.1, -0.05) is 106 Å². The van der Waals surface area contributed by atoms with Gasteiger partial charge >= 0.3 is 149 Å². The first-order valence-corrected chi connectivity index (χ1v) is 29.8. The van der Waals surface area contributed by atoms with Crippen LogP contribution < -0.4 is 4.40 Å². The van der Waals surface area contributed by atoms with Crippen molar-refractivity contribution >= 4 is 72.2 Å². The smallest absolute Gasteiger partial charge is 0 e. The van der Waals surface area contributed by atoms with E-state index < -0.39 is 37.7 Å². The van der Waals surface area contributed by atoms with E-state index in [0.29, 0.717) is 17.4 Å². The third kappa shape index (κ3) is 9.05. The molecule has 0 fully saturated rings. The SMILES string of the molecule is CC(C)c1cccc(C(C)C)c1-n1c(-c2[c-]cc3oc4ccc5c6ccccc6ccc5c4c3c2)nc2ccccc21.[2H]C([2H])([2H])c1c[c-]c(-c2cc(C([2H])([2H])C(C)(C)C)[c]([Ge]([CH3])([CH3])[CH3])cn2)c(F)c1.[Ir]. The number of imidazole rings is 1. The van der Waals surface area contributed by atoms with Crippen molar-refractivity contribution in [1.82, 2.24) is 14.5 Å². The van der Waals surface area contributed by atoms with Crippen molar-refractivity contribution in [3.63, 3.8) is 0 Å². The Bertz CT molecular complexity index is 3610. The molecule has 0 spiro atoms. The summed E-state index contributed by atoms with van der Waals surface area (Å²) in [5.41, 5.74) is 8.67. The third-order valence-electron chi connectivity index (χ3n) is 12.0. The summed E-state index contributed by atoms with van der Waals surface area (Å²) in [7, 11) is 0. The van der Waals surface area contributed by atoms with E-state index in [1.807, 2.05) is 26.8 Å². The summed E-state index contributed by atoms with van der Waals surface area (Å²) in [6, 6.07) is 46.8. The van der Waals surface area contributed by atoms with Gasteiger partial charge in [0.05, 0.1) is 22.4 Å². The molecule has 7 heteroatoms. The molecular weight excluding hydrogens is 1050 g/mol. The molecule has 4 nitrogen and oxygen atoms in total. The minimum atomic E-state index is -2.47. The van der Waals surface area contributed by atoms with E-state index in [1.54, 1.807) is 12.3 Å². The van der Waals surface area contributed by atoms with Gasteiger partial charge in [-0.25, -0.2) is 0 Å². The van der Waals surface area contributed by atoms with Crippen LogP contribution in [0.25, 0.3) is 82.8 Å². The van der Waals surface area contributed by atoms with E-state index in [-0.39, 0.29) is 36.9 Å². The number of fused-ring (bicyclic) bond motifs is 8. The Hall–Kier alpha value is -5.40. The van der Waals surface area contributed by atoms with Gasteiger partial charge in [-0.15, -0.1) is 23.8 Å². The zero-order chi connectivity index (χ0) is 50.2. The summed E-state index contributed by atoms with van der Waals surface area (Å²) in [5.74, 6) is 7.38. The number of para-hydroxylation sites is 3. The van der Waals surface area contributed by atoms with Gasteiger partial charge in [-0.05, 0) is 62.7 Å². The minimum Gasteiger partial charge on any atom is 0 e. The van der Waals surface area contributed by atoms with E-state index in [1.165, 1.54) is 44.4 Å². The number of benzene rings is 7. The summed E-state index contributed by atoms with van der Waals surface area (Å²) in [6.45, 7) is 12.2. The number of halogens is 1. The molecule has 0 N–H and O–H groups in total. The van der Waals surface area contributed by atoms with Crippen molar-refractivity contribution in [3.8, 4) is 28.3 Å². The molecule has 1 radical (unpaired) electrons. The van der Waals surface area contributed by atoms with Crippen LogP contribution in [0, 0.1) is 30.2 Å².